The number of aliphatic hydroxyl groups excluding tert-OH is 1. The van der Waals surface area contributed by atoms with E-state index in [2.05, 4.69) is 17.7 Å². The molecule has 0 atom stereocenters. The fraction of sp³-hybridized carbons (Fsp3) is 0.214. The van der Waals surface area contributed by atoms with Gasteiger partial charge in [-0.3, -0.25) is 0 Å². The molecule has 2 nitrogen and oxygen atoms in total. The average Bonchev–Trinajstić information content (AvgIpc) is 2.31. The minimum Gasteiger partial charge on any atom is -0.396 e. The van der Waals surface area contributed by atoms with Crippen molar-refractivity contribution in [2.45, 2.75) is 13.0 Å². The van der Waals surface area contributed by atoms with Crippen molar-refractivity contribution in [3.8, 4) is 0 Å². The topological polar surface area (TPSA) is 24.1 Å². The van der Waals surface area contributed by atoms with Crippen LogP contribution in [-0.2, 0) is 13.0 Å². The number of hydrogen-bond donors (Lipinski definition) is 1. The SMILES string of the molecule is C=C/C=C(\C=C)C[n+]1ccc(CCO)cc1. The van der Waals surface area contributed by atoms with Crippen LogP contribution >= 0.6 is 0 Å². The Kier molecular flexibility index (Phi) is 5.23. The third-order valence-corrected chi connectivity index (χ3v) is 2.32. The molecular weight excluding hydrogens is 198 g/mol. The molecule has 0 aromatic carbocycles. The Morgan fingerprint density at radius 1 is 1.31 bits per heavy atom. The van der Waals surface area contributed by atoms with Crippen molar-refractivity contribution in [2.24, 2.45) is 0 Å². The van der Waals surface area contributed by atoms with Crippen LogP contribution in [0.25, 0.3) is 0 Å². The molecule has 0 radical (unpaired) electrons. The summed E-state index contributed by atoms with van der Waals surface area (Å²) >= 11 is 0. The van der Waals surface area contributed by atoms with Crippen molar-refractivity contribution in [3.63, 3.8) is 0 Å². The molecule has 2 heteroatoms. The molecule has 0 aliphatic rings. The minimum atomic E-state index is 0.193. The third-order valence-electron chi connectivity index (χ3n) is 2.32. The summed E-state index contributed by atoms with van der Waals surface area (Å²) in [4.78, 5) is 0. The summed E-state index contributed by atoms with van der Waals surface area (Å²) in [5.41, 5.74) is 2.27. The fourth-order valence-corrected chi connectivity index (χ4v) is 1.44. The summed E-state index contributed by atoms with van der Waals surface area (Å²) in [7, 11) is 0. The lowest BCUT2D eigenvalue weighted by Gasteiger charge is -1.99. The normalized spacial score (nSPS) is 11.2. The molecular formula is C14H18NO+. The van der Waals surface area contributed by atoms with Crippen molar-refractivity contribution in [1.82, 2.24) is 0 Å². The van der Waals surface area contributed by atoms with E-state index < -0.39 is 0 Å². The van der Waals surface area contributed by atoms with Crippen LogP contribution in [0.2, 0.25) is 0 Å². The molecule has 0 aliphatic heterocycles. The quantitative estimate of drug-likeness (QED) is 0.569. The number of allylic oxidation sites excluding steroid dienone is 4. The summed E-state index contributed by atoms with van der Waals surface area (Å²) in [5, 5.41) is 8.80. The first-order valence-electron chi connectivity index (χ1n) is 5.33. The summed E-state index contributed by atoms with van der Waals surface area (Å²) in [5.74, 6) is 0. The van der Waals surface area contributed by atoms with Gasteiger partial charge in [0.15, 0.2) is 18.9 Å². The van der Waals surface area contributed by atoms with Crippen molar-refractivity contribution in [1.29, 1.82) is 0 Å². The van der Waals surface area contributed by atoms with E-state index in [9.17, 15) is 0 Å². The Morgan fingerprint density at radius 3 is 2.50 bits per heavy atom. The molecule has 0 saturated heterocycles. The smallest absolute Gasteiger partial charge is 0.173 e. The van der Waals surface area contributed by atoms with Gasteiger partial charge in [0, 0.05) is 24.3 Å². The van der Waals surface area contributed by atoms with Gasteiger partial charge in [-0.15, -0.1) is 0 Å². The van der Waals surface area contributed by atoms with E-state index in [4.69, 9.17) is 5.11 Å². The van der Waals surface area contributed by atoms with E-state index in [1.807, 2.05) is 36.7 Å². The van der Waals surface area contributed by atoms with Crippen LogP contribution in [0.3, 0.4) is 0 Å². The number of nitrogens with zero attached hydrogens (tertiary/aromatic N) is 1. The second kappa shape index (κ2) is 6.75. The minimum absolute atomic E-state index is 0.193. The van der Waals surface area contributed by atoms with Crippen molar-refractivity contribution >= 4 is 0 Å². The van der Waals surface area contributed by atoms with Crippen molar-refractivity contribution in [3.05, 3.63) is 67.0 Å². The Bertz CT molecular complexity index is 376. The van der Waals surface area contributed by atoms with Crippen LogP contribution in [0.4, 0.5) is 0 Å². The number of hydrogen-bond acceptors (Lipinski definition) is 1. The zero-order valence-electron chi connectivity index (χ0n) is 9.47. The summed E-state index contributed by atoms with van der Waals surface area (Å²) in [6.45, 7) is 8.41. The lowest BCUT2D eigenvalue weighted by Crippen LogP contribution is -2.33. The van der Waals surface area contributed by atoms with Gasteiger partial charge in [0.1, 0.15) is 0 Å². The van der Waals surface area contributed by atoms with E-state index in [1.54, 1.807) is 6.08 Å². The monoisotopic (exact) mass is 216 g/mol. The van der Waals surface area contributed by atoms with Crippen molar-refractivity contribution < 1.29 is 9.67 Å². The number of aromatic nitrogens is 1. The molecule has 0 fully saturated rings. The number of rotatable bonds is 6. The zero-order valence-corrected chi connectivity index (χ0v) is 9.47. The van der Waals surface area contributed by atoms with Crippen LogP contribution in [0.1, 0.15) is 5.56 Å². The predicted molar refractivity (Wildman–Crippen MR) is 65.9 cm³/mol. The van der Waals surface area contributed by atoms with Crippen LogP contribution in [0, 0.1) is 0 Å². The predicted octanol–water partition coefficient (Wildman–Crippen LogP) is 1.81. The highest BCUT2D eigenvalue weighted by atomic mass is 16.2. The first kappa shape index (κ1) is 12.4. The lowest BCUT2D eigenvalue weighted by molar-refractivity contribution is -0.688. The van der Waals surface area contributed by atoms with Crippen LogP contribution < -0.4 is 4.57 Å². The largest absolute Gasteiger partial charge is 0.396 e. The van der Waals surface area contributed by atoms with E-state index in [-0.39, 0.29) is 6.61 Å². The molecule has 1 N–H and O–H groups in total. The van der Waals surface area contributed by atoms with E-state index in [1.165, 1.54) is 0 Å². The molecule has 0 spiro atoms. The van der Waals surface area contributed by atoms with Gasteiger partial charge in [-0.1, -0.05) is 31.4 Å². The molecule has 0 unspecified atom stereocenters. The molecule has 0 aliphatic carbocycles. The van der Waals surface area contributed by atoms with E-state index >= 15 is 0 Å². The van der Waals surface area contributed by atoms with Gasteiger partial charge < -0.3 is 5.11 Å². The Morgan fingerprint density at radius 2 is 2.00 bits per heavy atom. The molecule has 84 valence electrons. The first-order chi connectivity index (χ1) is 7.80. The Hall–Kier alpha value is -1.67. The third kappa shape index (κ3) is 3.83. The molecule has 0 bridgehead atoms. The maximum absolute atomic E-state index is 8.80. The number of pyridine rings is 1. The summed E-state index contributed by atoms with van der Waals surface area (Å²) in [6, 6.07) is 4.04. The average molecular weight is 216 g/mol. The van der Waals surface area contributed by atoms with Gasteiger partial charge in [0.05, 0.1) is 0 Å². The van der Waals surface area contributed by atoms with Gasteiger partial charge in [0.25, 0.3) is 0 Å². The molecule has 1 aromatic rings. The summed E-state index contributed by atoms with van der Waals surface area (Å²) < 4.78 is 2.07. The highest BCUT2D eigenvalue weighted by Gasteiger charge is 2.02. The lowest BCUT2D eigenvalue weighted by atomic mass is 10.2. The maximum Gasteiger partial charge on any atom is 0.173 e. The van der Waals surface area contributed by atoms with Crippen LogP contribution in [0.15, 0.2) is 61.5 Å². The molecule has 1 aromatic heterocycles. The highest BCUT2D eigenvalue weighted by molar-refractivity contribution is 5.19. The molecule has 16 heavy (non-hydrogen) atoms. The van der Waals surface area contributed by atoms with Gasteiger partial charge in [-0.05, 0) is 12.0 Å². The first-order valence-corrected chi connectivity index (χ1v) is 5.33. The van der Waals surface area contributed by atoms with Gasteiger partial charge >= 0.3 is 0 Å². The Labute approximate surface area is 96.9 Å². The number of aliphatic hydroxyl groups is 1. The molecule has 0 amide bonds. The second-order valence-corrected chi connectivity index (χ2v) is 3.53. The standard InChI is InChI=1S/C14H18NO/c1-3-5-13(4-2)12-15-9-6-14(7-10-15)8-11-16/h3-7,9-10,16H,1-2,8,11-12H2/q+1/b13-5+. The molecule has 0 saturated carbocycles. The van der Waals surface area contributed by atoms with Crippen LogP contribution in [-0.4, -0.2) is 11.7 Å². The maximum atomic E-state index is 8.80. The zero-order chi connectivity index (χ0) is 11.8. The van der Waals surface area contributed by atoms with Gasteiger partial charge in [0.2, 0.25) is 0 Å². The Balaban J connectivity index is 2.70. The summed E-state index contributed by atoms with van der Waals surface area (Å²) in [6.07, 6.45) is 10.3. The highest BCUT2D eigenvalue weighted by Crippen LogP contribution is 1.99. The van der Waals surface area contributed by atoms with Gasteiger partial charge in [-0.2, -0.15) is 0 Å². The van der Waals surface area contributed by atoms with Crippen molar-refractivity contribution in [2.75, 3.05) is 6.61 Å². The second-order valence-electron chi connectivity index (χ2n) is 3.53. The molecule has 1 heterocycles. The van der Waals surface area contributed by atoms with Crippen LogP contribution in [0.5, 0.6) is 0 Å². The van der Waals surface area contributed by atoms with E-state index in [0.717, 1.165) is 17.7 Å². The van der Waals surface area contributed by atoms with Gasteiger partial charge in [-0.25, -0.2) is 4.57 Å². The molecule has 1 rings (SSSR count). The fourth-order valence-electron chi connectivity index (χ4n) is 1.44. The van der Waals surface area contributed by atoms with E-state index in [0.29, 0.717) is 6.42 Å².